The lowest BCUT2D eigenvalue weighted by Gasteiger charge is -2.71. The Bertz CT molecular complexity index is 1260. The van der Waals surface area contributed by atoms with E-state index in [1.54, 1.807) is 0 Å². The van der Waals surface area contributed by atoms with E-state index in [0.717, 1.165) is 25.7 Å². The normalized spacial score (nSPS) is 56.0. The number of carboxylic acid groups (broad SMARTS) is 1. The summed E-state index contributed by atoms with van der Waals surface area (Å²) in [5.41, 5.74) is -1.78. The third kappa shape index (κ3) is 4.88. The molecule has 0 radical (unpaired) electrons. The van der Waals surface area contributed by atoms with Crippen molar-refractivity contribution in [3.8, 4) is 0 Å². The van der Waals surface area contributed by atoms with Crippen molar-refractivity contribution in [1.29, 1.82) is 0 Å². The molecule has 0 aromatic carbocycles. The maximum Gasteiger partial charge on any atom is 0.310 e. The van der Waals surface area contributed by atoms with E-state index in [1.165, 1.54) is 5.57 Å². The van der Waals surface area contributed by atoms with Crippen LogP contribution in [-0.2, 0) is 14.3 Å². The lowest BCUT2D eigenvalue weighted by Crippen LogP contribution is -2.68. The van der Waals surface area contributed by atoms with E-state index in [2.05, 4.69) is 33.8 Å². The van der Waals surface area contributed by atoms with Crippen LogP contribution in [0.1, 0.15) is 92.4 Å². The predicted octanol–water partition coefficient (Wildman–Crippen LogP) is 1.97. The molecule has 1 aliphatic heterocycles. The number of allylic oxidation sites excluding steroid dienone is 2. The summed E-state index contributed by atoms with van der Waals surface area (Å²) in [5, 5.41) is 84.2. The highest BCUT2D eigenvalue weighted by Gasteiger charge is 2.70. The molecular weight excluding hydrogens is 608 g/mol. The summed E-state index contributed by atoms with van der Waals surface area (Å²) < 4.78 is 11.7. The topological polar surface area (TPSA) is 197 Å². The maximum absolute atomic E-state index is 13.2. The number of carbonyl (C=O) groups is 1. The van der Waals surface area contributed by atoms with Gasteiger partial charge in [0.05, 0.1) is 37.4 Å². The van der Waals surface area contributed by atoms with Crippen molar-refractivity contribution >= 4 is 5.97 Å². The van der Waals surface area contributed by atoms with Crippen LogP contribution in [0.5, 0.6) is 0 Å². The Labute approximate surface area is 278 Å². The lowest BCUT2D eigenvalue weighted by molar-refractivity contribution is -0.307. The Morgan fingerprint density at radius 2 is 1.57 bits per heavy atom. The zero-order valence-corrected chi connectivity index (χ0v) is 28.6. The first-order valence-corrected chi connectivity index (χ1v) is 17.7. The van der Waals surface area contributed by atoms with Gasteiger partial charge in [0, 0.05) is 5.41 Å². The number of aliphatic carboxylic acids is 1. The average Bonchev–Trinajstić information content (AvgIpc) is 3.02. The monoisotopic (exact) mass is 666 g/mol. The largest absolute Gasteiger partial charge is 0.481 e. The van der Waals surface area contributed by atoms with Crippen molar-refractivity contribution in [1.82, 2.24) is 0 Å². The van der Waals surface area contributed by atoms with Crippen molar-refractivity contribution < 1.29 is 55.1 Å². The number of hydrogen-bond donors (Lipinski definition) is 8. The minimum Gasteiger partial charge on any atom is -0.481 e. The van der Waals surface area contributed by atoms with Gasteiger partial charge in [0.25, 0.3) is 0 Å². The van der Waals surface area contributed by atoms with E-state index in [0.29, 0.717) is 32.1 Å². The number of rotatable bonds is 6. The Morgan fingerprint density at radius 1 is 0.894 bits per heavy atom. The van der Waals surface area contributed by atoms with Crippen molar-refractivity contribution in [2.75, 3.05) is 19.8 Å². The molecule has 4 saturated carbocycles. The summed E-state index contributed by atoms with van der Waals surface area (Å²) in [5.74, 6) is -0.791. The second-order valence-corrected chi connectivity index (χ2v) is 17.7. The summed E-state index contributed by atoms with van der Waals surface area (Å²) >= 11 is 0. The number of fused-ring (bicyclic) bond motifs is 7. The zero-order chi connectivity index (χ0) is 34.5. The molecule has 0 bridgehead atoms. The summed E-state index contributed by atoms with van der Waals surface area (Å²) in [6.45, 7) is 10.3. The molecule has 0 aromatic rings. The van der Waals surface area contributed by atoms with Crippen molar-refractivity contribution in [2.24, 2.45) is 50.2 Å². The SMILES string of the molecule is C[C@@]1(CO[C@@H]2O[C@H](CO)[C@@H](O)[C@H](O)[C@H]2O)CC[C@]2(C(=O)O)CC[C@]3(C)C(=CC[C@@H]4[C@@]5(C)C[C@@H](O)[C@@H](O)[C@@](C)(CO)[C@H]5CC[C@]43C)[C@H]2C1. The molecule has 0 amide bonds. The molecule has 11 nitrogen and oxygen atoms in total. The first-order chi connectivity index (χ1) is 21.9. The van der Waals surface area contributed by atoms with Crippen LogP contribution in [0.15, 0.2) is 11.6 Å². The van der Waals surface area contributed by atoms with Crippen LogP contribution in [-0.4, -0.2) is 110 Å². The second-order valence-electron chi connectivity index (χ2n) is 17.7. The van der Waals surface area contributed by atoms with Gasteiger partial charge >= 0.3 is 5.97 Å². The van der Waals surface area contributed by atoms with Crippen molar-refractivity contribution in [2.45, 2.75) is 135 Å². The highest BCUT2D eigenvalue weighted by atomic mass is 16.7. The number of ether oxygens (including phenoxy) is 2. The van der Waals surface area contributed by atoms with Gasteiger partial charge in [-0.1, -0.05) is 46.3 Å². The van der Waals surface area contributed by atoms with Crippen LogP contribution in [0.2, 0.25) is 0 Å². The van der Waals surface area contributed by atoms with Crippen LogP contribution in [0.4, 0.5) is 0 Å². The fourth-order valence-electron chi connectivity index (χ4n) is 12.3. The molecule has 6 aliphatic rings. The zero-order valence-electron chi connectivity index (χ0n) is 28.6. The number of aliphatic hydroxyl groups is 7. The van der Waals surface area contributed by atoms with Crippen LogP contribution in [0.3, 0.4) is 0 Å². The van der Waals surface area contributed by atoms with Crippen molar-refractivity contribution in [3.63, 3.8) is 0 Å². The molecule has 1 saturated heterocycles. The molecular formula is C36H58O11. The molecule has 5 fully saturated rings. The third-order valence-electron chi connectivity index (χ3n) is 15.5. The van der Waals surface area contributed by atoms with Gasteiger partial charge in [0.15, 0.2) is 6.29 Å². The fourth-order valence-corrected chi connectivity index (χ4v) is 12.3. The molecule has 0 spiro atoms. The molecule has 5 aliphatic carbocycles. The van der Waals surface area contributed by atoms with Crippen LogP contribution < -0.4 is 0 Å². The molecule has 0 aromatic heterocycles. The minimum atomic E-state index is -1.54. The second kappa shape index (κ2) is 11.7. The molecule has 47 heavy (non-hydrogen) atoms. The Balaban J connectivity index is 1.31. The summed E-state index contributed by atoms with van der Waals surface area (Å²) in [7, 11) is 0. The number of aliphatic hydroxyl groups excluding tert-OH is 7. The third-order valence-corrected chi connectivity index (χ3v) is 15.5. The molecule has 8 N–H and O–H groups in total. The molecule has 16 atom stereocenters. The van der Waals surface area contributed by atoms with E-state index < -0.39 is 71.7 Å². The van der Waals surface area contributed by atoms with Gasteiger partial charge < -0.3 is 50.3 Å². The highest BCUT2D eigenvalue weighted by Crippen LogP contribution is 2.75. The Kier molecular flexibility index (Phi) is 8.88. The Morgan fingerprint density at radius 3 is 2.21 bits per heavy atom. The van der Waals surface area contributed by atoms with E-state index >= 15 is 0 Å². The molecule has 268 valence electrons. The van der Waals surface area contributed by atoms with Crippen LogP contribution in [0.25, 0.3) is 0 Å². The standard InChI is InChI=1S/C36H58O11/c1-31(18-46-29-27(42)26(41)25(40)22(16-37)47-29)10-12-36(30(44)45)13-11-34(4)19(20(36)14-31)6-7-24-32(2)15-21(39)28(43)33(3,17-38)23(32)8-9-35(24,34)5/h6,20-29,37-43H,7-18H2,1-5H3,(H,44,45)/t20-,21-,22-,23+,24-,25-,26+,27-,28-,29-,31-,32+,33+,34-,35-,36+/m1/s1. The van der Waals surface area contributed by atoms with Gasteiger partial charge in [-0.25, -0.2) is 0 Å². The first kappa shape index (κ1) is 35.7. The summed E-state index contributed by atoms with van der Waals surface area (Å²) in [6.07, 6.45) is -0.608. The van der Waals surface area contributed by atoms with Gasteiger partial charge in [0.1, 0.15) is 24.4 Å². The van der Waals surface area contributed by atoms with Gasteiger partial charge in [0.2, 0.25) is 0 Å². The van der Waals surface area contributed by atoms with E-state index in [-0.39, 0.29) is 47.2 Å². The number of hydrogen-bond acceptors (Lipinski definition) is 10. The average molecular weight is 667 g/mol. The molecule has 0 unspecified atom stereocenters. The Hall–Kier alpha value is -1.15. The molecule has 1 heterocycles. The van der Waals surface area contributed by atoms with Crippen LogP contribution >= 0.6 is 0 Å². The van der Waals surface area contributed by atoms with Crippen molar-refractivity contribution in [3.05, 3.63) is 11.6 Å². The predicted molar refractivity (Wildman–Crippen MR) is 170 cm³/mol. The first-order valence-electron chi connectivity index (χ1n) is 17.7. The van der Waals surface area contributed by atoms with Gasteiger partial charge in [-0.15, -0.1) is 0 Å². The van der Waals surface area contributed by atoms with Gasteiger partial charge in [-0.3, -0.25) is 4.79 Å². The lowest BCUT2D eigenvalue weighted by atomic mass is 9.33. The fraction of sp³-hybridized carbons (Fsp3) is 0.917. The maximum atomic E-state index is 13.2. The van der Waals surface area contributed by atoms with Gasteiger partial charge in [-0.05, 0) is 97.2 Å². The van der Waals surface area contributed by atoms with E-state index in [9.17, 15) is 45.6 Å². The highest BCUT2D eigenvalue weighted by molar-refractivity contribution is 5.76. The smallest absolute Gasteiger partial charge is 0.310 e. The number of carboxylic acids is 1. The summed E-state index contributed by atoms with van der Waals surface area (Å²) in [6, 6.07) is 0. The molecule has 11 heteroatoms. The minimum absolute atomic E-state index is 0.0364. The molecule has 6 rings (SSSR count). The quantitative estimate of drug-likeness (QED) is 0.193. The van der Waals surface area contributed by atoms with Crippen LogP contribution in [0, 0.1) is 50.2 Å². The summed E-state index contributed by atoms with van der Waals surface area (Å²) in [4.78, 5) is 13.2. The van der Waals surface area contributed by atoms with E-state index in [4.69, 9.17) is 9.47 Å². The van der Waals surface area contributed by atoms with Gasteiger partial charge in [-0.2, -0.15) is 0 Å². The van der Waals surface area contributed by atoms with E-state index in [1.807, 2.05) is 6.92 Å².